The Morgan fingerprint density at radius 1 is 1.22 bits per heavy atom. The summed E-state index contributed by atoms with van der Waals surface area (Å²) in [7, 11) is 1.83. The van der Waals surface area contributed by atoms with E-state index >= 15 is 0 Å². The average Bonchev–Trinajstić information content (AvgIpc) is 2.91. The molecule has 90 valence electrons. The lowest BCUT2D eigenvalue weighted by molar-refractivity contribution is 0.564. The summed E-state index contributed by atoms with van der Waals surface area (Å²) >= 11 is 1.53. The Kier molecular flexibility index (Phi) is 2.64. The summed E-state index contributed by atoms with van der Waals surface area (Å²) in [5.41, 5.74) is 1.86. The van der Waals surface area contributed by atoms with E-state index in [-0.39, 0.29) is 5.63 Å². The molecule has 3 rings (SSSR count). The molecule has 0 unspecified atom stereocenters. The van der Waals surface area contributed by atoms with Gasteiger partial charge in [0.15, 0.2) is 0 Å². The lowest BCUT2D eigenvalue weighted by Crippen LogP contribution is -2.01. The van der Waals surface area contributed by atoms with E-state index in [0.717, 1.165) is 16.0 Å². The molecule has 18 heavy (non-hydrogen) atoms. The predicted molar refractivity (Wildman–Crippen MR) is 75.3 cm³/mol. The minimum atomic E-state index is -0.293. The fourth-order valence-electron chi connectivity index (χ4n) is 1.87. The third-order valence-electron chi connectivity index (χ3n) is 2.81. The Hall–Kier alpha value is -2.07. The zero-order valence-electron chi connectivity index (χ0n) is 9.77. The Morgan fingerprint density at radius 2 is 2.11 bits per heavy atom. The van der Waals surface area contributed by atoms with Gasteiger partial charge in [-0.1, -0.05) is 6.07 Å². The molecule has 0 aliphatic rings. The van der Waals surface area contributed by atoms with Crippen LogP contribution in [0.5, 0.6) is 0 Å². The molecule has 2 heterocycles. The molecule has 0 aliphatic heterocycles. The lowest BCUT2D eigenvalue weighted by atomic mass is 10.1. The van der Waals surface area contributed by atoms with Gasteiger partial charge in [0.1, 0.15) is 5.58 Å². The van der Waals surface area contributed by atoms with Crippen LogP contribution in [-0.2, 0) is 0 Å². The summed E-state index contributed by atoms with van der Waals surface area (Å²) in [5.74, 6) is 0. The fourth-order valence-corrected chi connectivity index (χ4v) is 2.60. The van der Waals surface area contributed by atoms with Gasteiger partial charge in [-0.15, -0.1) is 11.3 Å². The van der Waals surface area contributed by atoms with Gasteiger partial charge < -0.3 is 9.73 Å². The molecular weight excluding hydrogens is 246 g/mol. The normalized spacial score (nSPS) is 10.7. The second kappa shape index (κ2) is 4.31. The highest BCUT2D eigenvalue weighted by Gasteiger charge is 2.08. The summed E-state index contributed by atoms with van der Waals surface area (Å²) in [6.45, 7) is 0. The summed E-state index contributed by atoms with van der Waals surface area (Å²) in [5, 5.41) is 5.90. The van der Waals surface area contributed by atoms with Crippen LogP contribution in [0.3, 0.4) is 0 Å². The van der Waals surface area contributed by atoms with Crippen molar-refractivity contribution < 1.29 is 4.42 Å². The summed E-state index contributed by atoms with van der Waals surface area (Å²) < 4.78 is 5.37. The second-order valence-electron chi connectivity index (χ2n) is 3.93. The van der Waals surface area contributed by atoms with Gasteiger partial charge in [-0.25, -0.2) is 4.79 Å². The third kappa shape index (κ3) is 1.80. The number of nitrogens with one attached hydrogen (secondary N) is 1. The molecule has 1 N–H and O–H groups in total. The van der Waals surface area contributed by atoms with Crippen molar-refractivity contribution in [2.45, 2.75) is 0 Å². The maximum atomic E-state index is 12.0. The van der Waals surface area contributed by atoms with Crippen molar-refractivity contribution in [1.29, 1.82) is 0 Å². The van der Waals surface area contributed by atoms with Gasteiger partial charge in [0.05, 0.1) is 5.56 Å². The maximum Gasteiger partial charge on any atom is 0.345 e. The molecule has 0 atom stereocenters. The van der Waals surface area contributed by atoms with Crippen molar-refractivity contribution in [3.8, 4) is 10.4 Å². The van der Waals surface area contributed by atoms with Crippen LogP contribution < -0.4 is 10.9 Å². The van der Waals surface area contributed by atoms with E-state index in [4.69, 9.17) is 4.42 Å². The Balaban J connectivity index is 2.25. The molecule has 3 nitrogen and oxygen atoms in total. The maximum absolute atomic E-state index is 12.0. The van der Waals surface area contributed by atoms with Gasteiger partial charge in [0, 0.05) is 29.1 Å². The topological polar surface area (TPSA) is 42.2 Å². The first-order valence-corrected chi connectivity index (χ1v) is 6.45. The number of fused-ring (bicyclic) bond motifs is 1. The van der Waals surface area contributed by atoms with Crippen LogP contribution in [-0.4, -0.2) is 7.05 Å². The van der Waals surface area contributed by atoms with Gasteiger partial charge in [0.2, 0.25) is 0 Å². The first-order valence-electron chi connectivity index (χ1n) is 5.57. The fraction of sp³-hybridized carbons (Fsp3) is 0.0714. The summed E-state index contributed by atoms with van der Waals surface area (Å²) in [4.78, 5) is 12.9. The van der Waals surface area contributed by atoms with E-state index in [0.29, 0.717) is 11.1 Å². The summed E-state index contributed by atoms with van der Waals surface area (Å²) in [6.07, 6.45) is 0. The van der Waals surface area contributed by atoms with Gasteiger partial charge in [-0.2, -0.15) is 0 Å². The largest absolute Gasteiger partial charge is 0.422 e. The smallest absolute Gasteiger partial charge is 0.345 e. The van der Waals surface area contributed by atoms with Crippen molar-refractivity contribution in [3.05, 3.63) is 52.2 Å². The average molecular weight is 257 g/mol. The molecule has 0 amide bonds. The standard InChI is InChI=1S/C14H11NO2S/c1-15-10-5-4-9-7-11(13-3-2-6-18-13)14(16)17-12(9)8-10/h2-8,15H,1H3. The van der Waals surface area contributed by atoms with Gasteiger partial charge >= 0.3 is 5.63 Å². The van der Waals surface area contributed by atoms with Gasteiger partial charge in [-0.05, 0) is 29.6 Å². The minimum Gasteiger partial charge on any atom is -0.422 e. The van der Waals surface area contributed by atoms with Crippen LogP contribution >= 0.6 is 11.3 Å². The molecule has 0 aliphatic carbocycles. The predicted octanol–water partition coefficient (Wildman–Crippen LogP) is 3.56. The molecule has 3 aromatic rings. The lowest BCUT2D eigenvalue weighted by Gasteiger charge is -2.03. The van der Waals surface area contributed by atoms with Crippen LogP contribution in [0.4, 0.5) is 5.69 Å². The number of thiophene rings is 1. The third-order valence-corrected chi connectivity index (χ3v) is 3.71. The number of hydrogen-bond acceptors (Lipinski definition) is 4. The Labute approximate surface area is 108 Å². The van der Waals surface area contributed by atoms with Crippen LogP contribution in [0, 0.1) is 0 Å². The molecule has 2 aromatic heterocycles. The zero-order chi connectivity index (χ0) is 12.5. The molecule has 0 saturated heterocycles. The van der Waals surface area contributed by atoms with Crippen LogP contribution in [0.2, 0.25) is 0 Å². The van der Waals surface area contributed by atoms with Gasteiger partial charge in [-0.3, -0.25) is 0 Å². The highest BCUT2D eigenvalue weighted by atomic mass is 32.1. The van der Waals surface area contributed by atoms with E-state index in [2.05, 4.69) is 5.32 Å². The molecule has 0 bridgehead atoms. The van der Waals surface area contributed by atoms with Crippen molar-refractivity contribution in [3.63, 3.8) is 0 Å². The van der Waals surface area contributed by atoms with Crippen molar-refractivity contribution in [2.75, 3.05) is 12.4 Å². The van der Waals surface area contributed by atoms with E-state index in [1.54, 1.807) is 0 Å². The van der Waals surface area contributed by atoms with Crippen molar-refractivity contribution in [2.24, 2.45) is 0 Å². The molecule has 1 aromatic carbocycles. The highest BCUT2D eigenvalue weighted by molar-refractivity contribution is 7.13. The molecule has 0 spiro atoms. The quantitative estimate of drug-likeness (QED) is 0.714. The Bertz CT molecular complexity index is 744. The van der Waals surface area contributed by atoms with Crippen molar-refractivity contribution >= 4 is 28.0 Å². The SMILES string of the molecule is CNc1ccc2cc(-c3cccs3)c(=O)oc2c1. The number of benzene rings is 1. The first kappa shape index (κ1) is 11.0. The minimum absolute atomic E-state index is 0.293. The van der Waals surface area contributed by atoms with Gasteiger partial charge in [0.25, 0.3) is 0 Å². The molecule has 0 saturated carbocycles. The number of anilines is 1. The monoisotopic (exact) mass is 257 g/mol. The number of rotatable bonds is 2. The van der Waals surface area contributed by atoms with Crippen LogP contribution in [0.1, 0.15) is 0 Å². The van der Waals surface area contributed by atoms with E-state index in [1.807, 2.05) is 48.8 Å². The molecule has 0 fully saturated rings. The van der Waals surface area contributed by atoms with Crippen LogP contribution in [0.15, 0.2) is 51.0 Å². The highest BCUT2D eigenvalue weighted by Crippen LogP contribution is 2.26. The number of hydrogen-bond donors (Lipinski definition) is 1. The van der Waals surface area contributed by atoms with E-state index in [1.165, 1.54) is 11.3 Å². The van der Waals surface area contributed by atoms with E-state index < -0.39 is 0 Å². The molecule has 4 heteroatoms. The summed E-state index contributed by atoms with van der Waals surface area (Å²) in [6, 6.07) is 11.5. The van der Waals surface area contributed by atoms with Crippen molar-refractivity contribution in [1.82, 2.24) is 0 Å². The first-order chi connectivity index (χ1) is 8.78. The molecule has 0 radical (unpaired) electrons. The molecular formula is C14H11NO2S. The Morgan fingerprint density at radius 3 is 2.83 bits per heavy atom. The zero-order valence-corrected chi connectivity index (χ0v) is 10.6. The van der Waals surface area contributed by atoms with Crippen LogP contribution in [0.25, 0.3) is 21.4 Å². The van der Waals surface area contributed by atoms with E-state index in [9.17, 15) is 4.79 Å². The second-order valence-corrected chi connectivity index (χ2v) is 4.88.